The van der Waals surface area contributed by atoms with Crippen LogP contribution in [0.5, 0.6) is 0 Å². The predicted octanol–water partition coefficient (Wildman–Crippen LogP) is 1.90. The van der Waals surface area contributed by atoms with E-state index in [4.69, 9.17) is 4.74 Å². The molecule has 110 valence electrons. The average molecular weight is 289 g/mol. The highest BCUT2D eigenvalue weighted by Gasteiger charge is 2.20. The van der Waals surface area contributed by atoms with Gasteiger partial charge in [0.2, 0.25) is 5.95 Å². The Morgan fingerprint density at radius 2 is 2.05 bits per heavy atom. The van der Waals surface area contributed by atoms with Crippen LogP contribution in [0.1, 0.15) is 16.1 Å². The number of methoxy groups -OCH3 is 1. The number of nitrogens with zero attached hydrogens (tertiary/aromatic N) is 3. The van der Waals surface area contributed by atoms with E-state index in [9.17, 15) is 9.18 Å². The summed E-state index contributed by atoms with van der Waals surface area (Å²) in [5.74, 6) is -1.20. The Hall–Kier alpha value is -2.34. The zero-order valence-electron chi connectivity index (χ0n) is 11.7. The summed E-state index contributed by atoms with van der Waals surface area (Å²) in [6, 6.07) is 8.40. The minimum absolute atomic E-state index is 0.0514. The number of ether oxygens (including phenoxy) is 1. The van der Waals surface area contributed by atoms with Crippen molar-refractivity contribution in [3.8, 4) is 0 Å². The minimum atomic E-state index is -0.772. The maximum absolute atomic E-state index is 13.7. The van der Waals surface area contributed by atoms with Gasteiger partial charge in [0, 0.05) is 26.0 Å². The number of aromatic nitrogens is 2. The van der Waals surface area contributed by atoms with Crippen molar-refractivity contribution in [2.75, 3.05) is 20.3 Å². The van der Waals surface area contributed by atoms with Crippen molar-refractivity contribution in [2.45, 2.75) is 6.54 Å². The fraction of sp³-hybridized carbons (Fsp3) is 0.267. The van der Waals surface area contributed by atoms with E-state index in [0.29, 0.717) is 13.2 Å². The van der Waals surface area contributed by atoms with Crippen LogP contribution in [0.3, 0.4) is 0 Å². The van der Waals surface area contributed by atoms with Gasteiger partial charge in [0.15, 0.2) is 0 Å². The van der Waals surface area contributed by atoms with Gasteiger partial charge in [0.25, 0.3) is 5.91 Å². The molecule has 0 unspecified atom stereocenters. The molecule has 21 heavy (non-hydrogen) atoms. The summed E-state index contributed by atoms with van der Waals surface area (Å²) < 4.78 is 18.7. The fourth-order valence-corrected chi connectivity index (χ4v) is 1.86. The maximum atomic E-state index is 13.7. The first-order valence-electron chi connectivity index (χ1n) is 6.51. The Balaban J connectivity index is 2.19. The van der Waals surface area contributed by atoms with Gasteiger partial charge in [-0.15, -0.1) is 0 Å². The Morgan fingerprint density at radius 3 is 2.71 bits per heavy atom. The molecule has 0 aromatic carbocycles. The number of amides is 1. The second kappa shape index (κ2) is 7.44. The van der Waals surface area contributed by atoms with Gasteiger partial charge >= 0.3 is 0 Å². The van der Waals surface area contributed by atoms with Crippen LogP contribution >= 0.6 is 0 Å². The molecule has 0 radical (unpaired) electrons. The predicted molar refractivity (Wildman–Crippen MR) is 75.0 cm³/mol. The van der Waals surface area contributed by atoms with E-state index in [-0.39, 0.29) is 12.1 Å². The molecule has 0 bridgehead atoms. The summed E-state index contributed by atoms with van der Waals surface area (Å²) in [5.41, 5.74) is 0.677. The molecule has 0 aliphatic rings. The van der Waals surface area contributed by atoms with Crippen LogP contribution in [-0.2, 0) is 11.3 Å². The van der Waals surface area contributed by atoms with Crippen LogP contribution in [0.15, 0.2) is 42.7 Å². The van der Waals surface area contributed by atoms with Gasteiger partial charge in [-0.25, -0.2) is 4.98 Å². The molecule has 2 aromatic heterocycles. The quantitative estimate of drug-likeness (QED) is 0.762. The number of hydrogen-bond acceptors (Lipinski definition) is 4. The lowest BCUT2D eigenvalue weighted by molar-refractivity contribution is 0.0672. The molecule has 0 atom stereocenters. The molecule has 0 saturated heterocycles. The van der Waals surface area contributed by atoms with Crippen LogP contribution in [0.2, 0.25) is 0 Å². The molecule has 6 heteroatoms. The Bertz CT molecular complexity index is 592. The molecule has 0 saturated carbocycles. The van der Waals surface area contributed by atoms with Crippen molar-refractivity contribution in [1.29, 1.82) is 0 Å². The number of halogens is 1. The molecule has 0 aliphatic heterocycles. The number of pyridine rings is 2. The van der Waals surface area contributed by atoms with Gasteiger partial charge < -0.3 is 9.64 Å². The summed E-state index contributed by atoms with van der Waals surface area (Å²) >= 11 is 0. The normalized spacial score (nSPS) is 10.4. The largest absolute Gasteiger partial charge is 0.383 e. The van der Waals surface area contributed by atoms with Gasteiger partial charge in [-0.05, 0) is 24.3 Å². The number of rotatable bonds is 6. The van der Waals surface area contributed by atoms with Gasteiger partial charge in [-0.2, -0.15) is 4.39 Å². The van der Waals surface area contributed by atoms with Crippen LogP contribution in [-0.4, -0.2) is 41.0 Å². The Labute approximate surface area is 122 Å². The van der Waals surface area contributed by atoms with E-state index in [1.807, 2.05) is 12.1 Å². The highest BCUT2D eigenvalue weighted by atomic mass is 19.1. The van der Waals surface area contributed by atoms with Crippen molar-refractivity contribution in [3.63, 3.8) is 0 Å². The van der Waals surface area contributed by atoms with Crippen LogP contribution in [0.25, 0.3) is 0 Å². The lowest BCUT2D eigenvalue weighted by atomic mass is 10.2. The zero-order valence-corrected chi connectivity index (χ0v) is 11.7. The summed E-state index contributed by atoms with van der Waals surface area (Å²) in [4.78, 5) is 21.6. The minimum Gasteiger partial charge on any atom is -0.383 e. The molecular formula is C15H16FN3O2. The summed E-state index contributed by atoms with van der Waals surface area (Å²) in [6.45, 7) is 0.998. The second-order valence-corrected chi connectivity index (χ2v) is 4.38. The topological polar surface area (TPSA) is 55.3 Å². The number of carbonyl (C=O) groups is 1. The van der Waals surface area contributed by atoms with Crippen molar-refractivity contribution in [1.82, 2.24) is 14.9 Å². The highest BCUT2D eigenvalue weighted by molar-refractivity contribution is 5.94. The molecular weight excluding hydrogens is 273 g/mol. The van der Waals surface area contributed by atoms with Crippen LogP contribution in [0.4, 0.5) is 4.39 Å². The SMILES string of the molecule is COCCN(Cc1ccccn1)C(=O)c1cccnc1F. The average Bonchev–Trinajstić information content (AvgIpc) is 2.52. The van der Waals surface area contributed by atoms with E-state index in [2.05, 4.69) is 9.97 Å². The van der Waals surface area contributed by atoms with Crippen molar-refractivity contribution >= 4 is 5.91 Å². The first kappa shape index (κ1) is 15.1. The van der Waals surface area contributed by atoms with Crippen LogP contribution in [0, 0.1) is 5.95 Å². The Morgan fingerprint density at radius 1 is 1.24 bits per heavy atom. The van der Waals surface area contributed by atoms with E-state index in [0.717, 1.165) is 5.69 Å². The Kier molecular flexibility index (Phi) is 5.34. The molecule has 2 aromatic rings. The summed E-state index contributed by atoms with van der Waals surface area (Å²) in [7, 11) is 1.55. The zero-order chi connectivity index (χ0) is 15.1. The first-order chi connectivity index (χ1) is 10.2. The first-order valence-corrected chi connectivity index (χ1v) is 6.51. The molecule has 0 N–H and O–H groups in total. The fourth-order valence-electron chi connectivity index (χ4n) is 1.86. The maximum Gasteiger partial charge on any atom is 0.258 e. The van der Waals surface area contributed by atoms with Gasteiger partial charge in [0.05, 0.1) is 24.4 Å². The van der Waals surface area contributed by atoms with Crippen LogP contribution < -0.4 is 0 Å². The highest BCUT2D eigenvalue weighted by Crippen LogP contribution is 2.10. The molecule has 1 amide bonds. The van der Waals surface area contributed by atoms with E-state index >= 15 is 0 Å². The lowest BCUT2D eigenvalue weighted by Crippen LogP contribution is -2.34. The van der Waals surface area contributed by atoms with Gasteiger partial charge in [-0.1, -0.05) is 6.07 Å². The lowest BCUT2D eigenvalue weighted by Gasteiger charge is -2.22. The van der Waals surface area contributed by atoms with E-state index in [1.165, 1.54) is 23.2 Å². The molecule has 2 rings (SSSR count). The third kappa shape index (κ3) is 4.06. The molecule has 5 nitrogen and oxygen atoms in total. The third-order valence-corrected chi connectivity index (χ3v) is 2.92. The summed E-state index contributed by atoms with van der Waals surface area (Å²) in [6.07, 6.45) is 2.96. The van der Waals surface area contributed by atoms with Gasteiger partial charge in [-0.3, -0.25) is 9.78 Å². The van der Waals surface area contributed by atoms with Crippen molar-refractivity contribution < 1.29 is 13.9 Å². The molecule has 0 aliphatic carbocycles. The van der Waals surface area contributed by atoms with Crippen molar-refractivity contribution in [2.24, 2.45) is 0 Å². The molecule has 2 heterocycles. The van der Waals surface area contributed by atoms with E-state index < -0.39 is 11.9 Å². The van der Waals surface area contributed by atoms with Gasteiger partial charge in [0.1, 0.15) is 0 Å². The molecule has 0 fully saturated rings. The number of hydrogen-bond donors (Lipinski definition) is 0. The second-order valence-electron chi connectivity index (χ2n) is 4.38. The summed E-state index contributed by atoms with van der Waals surface area (Å²) in [5, 5.41) is 0. The third-order valence-electron chi connectivity index (χ3n) is 2.92. The smallest absolute Gasteiger partial charge is 0.258 e. The van der Waals surface area contributed by atoms with Crippen molar-refractivity contribution in [3.05, 3.63) is 59.9 Å². The monoisotopic (exact) mass is 289 g/mol. The molecule has 0 spiro atoms. The number of carbonyl (C=O) groups excluding carboxylic acids is 1. The van der Waals surface area contributed by atoms with E-state index in [1.54, 1.807) is 19.4 Å². The standard InChI is InChI=1S/C15H16FN3O2/c1-21-10-9-19(11-12-5-2-3-7-17-12)15(20)13-6-4-8-18-14(13)16/h2-8H,9-11H2,1H3.